The van der Waals surface area contributed by atoms with Gasteiger partial charge in [0.05, 0.1) is 0 Å². The van der Waals surface area contributed by atoms with Gasteiger partial charge in [0, 0.05) is 10.5 Å². The van der Waals surface area contributed by atoms with Crippen molar-refractivity contribution in [1.82, 2.24) is 0 Å². The van der Waals surface area contributed by atoms with E-state index in [0.717, 1.165) is 10.0 Å². The minimum absolute atomic E-state index is 0.124. The summed E-state index contributed by atoms with van der Waals surface area (Å²) in [6.07, 6.45) is 2.44. The average Bonchev–Trinajstić information content (AvgIpc) is 2.11. The Hall–Kier alpha value is -0.670. The van der Waals surface area contributed by atoms with E-state index in [9.17, 15) is 4.39 Å². The van der Waals surface area contributed by atoms with E-state index in [-0.39, 0.29) is 11.9 Å². The van der Waals surface area contributed by atoms with Crippen molar-refractivity contribution in [2.24, 2.45) is 5.73 Å². The minimum atomic E-state index is -0.216. The van der Waals surface area contributed by atoms with E-state index < -0.39 is 0 Å². The van der Waals surface area contributed by atoms with E-state index in [1.807, 2.05) is 0 Å². The number of aryl methyl sites for hydroxylation is 1. The Morgan fingerprint density at radius 1 is 1.64 bits per heavy atom. The fourth-order valence-corrected chi connectivity index (χ4v) is 1.88. The lowest BCUT2D eigenvalue weighted by Gasteiger charge is -2.13. The van der Waals surface area contributed by atoms with E-state index >= 15 is 0 Å². The molecule has 0 aromatic heterocycles. The van der Waals surface area contributed by atoms with Crippen LogP contribution in [0.25, 0.3) is 0 Å². The predicted molar refractivity (Wildman–Crippen MR) is 60.6 cm³/mol. The van der Waals surface area contributed by atoms with Gasteiger partial charge in [0.1, 0.15) is 5.82 Å². The first-order valence-electron chi connectivity index (χ1n) is 4.38. The van der Waals surface area contributed by atoms with Crippen LogP contribution in [0.2, 0.25) is 0 Å². The molecule has 0 bridgehead atoms. The van der Waals surface area contributed by atoms with Crippen molar-refractivity contribution < 1.29 is 4.39 Å². The van der Waals surface area contributed by atoms with Gasteiger partial charge in [0.25, 0.3) is 0 Å². The molecule has 0 aliphatic carbocycles. The van der Waals surface area contributed by atoms with Crippen molar-refractivity contribution in [3.63, 3.8) is 0 Å². The quantitative estimate of drug-likeness (QED) is 0.825. The smallest absolute Gasteiger partial charge is 0.127 e. The molecule has 14 heavy (non-hydrogen) atoms. The molecule has 0 amide bonds. The average molecular weight is 258 g/mol. The molecule has 0 fully saturated rings. The molecular formula is C11H13BrFN. The molecule has 1 rings (SSSR count). The van der Waals surface area contributed by atoms with Gasteiger partial charge in [-0.1, -0.05) is 28.1 Å². The van der Waals surface area contributed by atoms with Gasteiger partial charge in [0.2, 0.25) is 0 Å². The third-order valence-corrected chi connectivity index (χ3v) is 2.78. The van der Waals surface area contributed by atoms with Gasteiger partial charge in [-0.3, -0.25) is 0 Å². The minimum Gasteiger partial charge on any atom is -0.324 e. The zero-order valence-electron chi connectivity index (χ0n) is 8.06. The zero-order chi connectivity index (χ0) is 10.7. The van der Waals surface area contributed by atoms with Gasteiger partial charge >= 0.3 is 0 Å². The van der Waals surface area contributed by atoms with Gasteiger partial charge in [-0.2, -0.15) is 0 Å². The van der Waals surface area contributed by atoms with Crippen LogP contribution in [0.3, 0.4) is 0 Å². The van der Waals surface area contributed by atoms with E-state index in [4.69, 9.17) is 5.73 Å². The van der Waals surface area contributed by atoms with Crippen molar-refractivity contribution in [2.45, 2.75) is 19.4 Å². The lowest BCUT2D eigenvalue weighted by atomic mass is 10.0. The standard InChI is InChI=1S/C11H13BrFN/c1-3-4-11(14)8-5-7(2)10(13)6-9(8)12/h3,5-6,11H,1,4,14H2,2H3/t11-/m0/s1. The Balaban J connectivity index is 3.08. The molecule has 0 radical (unpaired) electrons. The van der Waals surface area contributed by atoms with Crippen LogP contribution in [-0.2, 0) is 0 Å². The largest absolute Gasteiger partial charge is 0.324 e. The molecule has 0 unspecified atom stereocenters. The molecule has 1 nitrogen and oxygen atoms in total. The molecule has 1 atom stereocenters. The van der Waals surface area contributed by atoms with Crippen molar-refractivity contribution in [1.29, 1.82) is 0 Å². The van der Waals surface area contributed by atoms with E-state index in [2.05, 4.69) is 22.5 Å². The molecule has 3 heteroatoms. The van der Waals surface area contributed by atoms with Crippen LogP contribution in [0.4, 0.5) is 4.39 Å². The first-order valence-corrected chi connectivity index (χ1v) is 5.17. The molecule has 0 saturated heterocycles. The summed E-state index contributed by atoms with van der Waals surface area (Å²) in [6, 6.07) is 3.10. The van der Waals surface area contributed by atoms with Crippen LogP contribution in [0.5, 0.6) is 0 Å². The van der Waals surface area contributed by atoms with Gasteiger partial charge in [-0.05, 0) is 30.5 Å². The summed E-state index contributed by atoms with van der Waals surface area (Å²) in [5.41, 5.74) is 7.44. The van der Waals surface area contributed by atoms with Gasteiger partial charge in [0.15, 0.2) is 0 Å². The maximum atomic E-state index is 13.1. The fraction of sp³-hybridized carbons (Fsp3) is 0.273. The van der Waals surface area contributed by atoms with Gasteiger partial charge in [-0.15, -0.1) is 6.58 Å². The Morgan fingerprint density at radius 3 is 2.86 bits per heavy atom. The van der Waals surface area contributed by atoms with Crippen molar-refractivity contribution >= 4 is 15.9 Å². The number of halogens is 2. The van der Waals surface area contributed by atoms with E-state index in [1.54, 1.807) is 19.1 Å². The summed E-state index contributed by atoms with van der Waals surface area (Å²) in [5.74, 6) is -0.216. The summed E-state index contributed by atoms with van der Waals surface area (Å²) in [5, 5.41) is 0. The number of nitrogens with two attached hydrogens (primary N) is 1. The zero-order valence-corrected chi connectivity index (χ0v) is 9.64. The SMILES string of the molecule is C=CC[C@H](N)c1cc(C)c(F)cc1Br. The second-order valence-corrected chi connectivity index (χ2v) is 4.11. The fourth-order valence-electron chi connectivity index (χ4n) is 1.27. The normalized spacial score (nSPS) is 12.6. The summed E-state index contributed by atoms with van der Waals surface area (Å²) >= 11 is 3.30. The number of hydrogen-bond acceptors (Lipinski definition) is 1. The summed E-state index contributed by atoms with van der Waals surface area (Å²) in [4.78, 5) is 0. The highest BCUT2D eigenvalue weighted by Crippen LogP contribution is 2.26. The second-order valence-electron chi connectivity index (χ2n) is 3.25. The molecular weight excluding hydrogens is 245 g/mol. The second kappa shape index (κ2) is 4.71. The summed E-state index contributed by atoms with van der Waals surface area (Å²) in [6.45, 7) is 5.35. The maximum Gasteiger partial charge on any atom is 0.127 e. The Labute approximate surface area is 91.9 Å². The van der Waals surface area contributed by atoms with Gasteiger partial charge in [-0.25, -0.2) is 4.39 Å². The van der Waals surface area contributed by atoms with Gasteiger partial charge < -0.3 is 5.73 Å². The van der Waals surface area contributed by atoms with Crippen LogP contribution in [-0.4, -0.2) is 0 Å². The highest BCUT2D eigenvalue weighted by molar-refractivity contribution is 9.10. The molecule has 0 saturated carbocycles. The first-order chi connectivity index (χ1) is 6.56. The lowest BCUT2D eigenvalue weighted by molar-refractivity contribution is 0.614. The monoisotopic (exact) mass is 257 g/mol. The maximum absolute atomic E-state index is 13.1. The third kappa shape index (κ3) is 2.42. The van der Waals surface area contributed by atoms with Crippen LogP contribution in [0.15, 0.2) is 29.3 Å². The number of benzene rings is 1. The Kier molecular flexibility index (Phi) is 3.84. The molecule has 2 N–H and O–H groups in total. The molecule has 0 spiro atoms. The lowest BCUT2D eigenvalue weighted by Crippen LogP contribution is -2.10. The molecule has 0 aliphatic rings. The van der Waals surface area contributed by atoms with Crippen LogP contribution < -0.4 is 5.73 Å². The number of hydrogen-bond donors (Lipinski definition) is 1. The summed E-state index contributed by atoms with van der Waals surface area (Å²) < 4.78 is 13.8. The Bertz CT molecular complexity index is 349. The van der Waals surface area contributed by atoms with Crippen LogP contribution in [0.1, 0.15) is 23.6 Å². The molecule has 1 aromatic carbocycles. The molecule has 0 aliphatic heterocycles. The summed E-state index contributed by atoms with van der Waals surface area (Å²) in [7, 11) is 0. The van der Waals surface area contributed by atoms with Crippen molar-refractivity contribution in [3.8, 4) is 0 Å². The third-order valence-electron chi connectivity index (χ3n) is 2.10. The van der Waals surface area contributed by atoms with E-state index in [0.29, 0.717) is 12.0 Å². The topological polar surface area (TPSA) is 26.0 Å². The molecule has 1 aromatic rings. The molecule has 0 heterocycles. The van der Waals surface area contributed by atoms with Crippen LogP contribution >= 0.6 is 15.9 Å². The van der Waals surface area contributed by atoms with Crippen LogP contribution in [0, 0.1) is 12.7 Å². The van der Waals surface area contributed by atoms with E-state index in [1.165, 1.54) is 6.07 Å². The predicted octanol–water partition coefficient (Wildman–Crippen LogP) is 3.47. The Morgan fingerprint density at radius 2 is 2.29 bits per heavy atom. The molecule has 76 valence electrons. The van der Waals surface area contributed by atoms with Crippen molar-refractivity contribution in [3.05, 3.63) is 46.2 Å². The number of rotatable bonds is 3. The highest BCUT2D eigenvalue weighted by atomic mass is 79.9. The van der Waals surface area contributed by atoms with Crippen molar-refractivity contribution in [2.75, 3.05) is 0 Å². The highest BCUT2D eigenvalue weighted by Gasteiger charge is 2.10. The first kappa shape index (κ1) is 11.4.